The van der Waals surface area contributed by atoms with Crippen LogP contribution >= 0.6 is 0 Å². The standard InChI is InChI=1S/C13H20O2/c1-2-13(15-8-14)11-4-9-3-10(6-11)7-12(13)5-9/h8-12H,2-7H2,1H3. The van der Waals surface area contributed by atoms with Gasteiger partial charge in [0.15, 0.2) is 0 Å². The average Bonchev–Trinajstić information content (AvgIpc) is 2.23. The van der Waals surface area contributed by atoms with Crippen molar-refractivity contribution in [3.63, 3.8) is 0 Å². The summed E-state index contributed by atoms with van der Waals surface area (Å²) in [7, 11) is 0. The molecule has 0 saturated heterocycles. The van der Waals surface area contributed by atoms with Crippen LogP contribution < -0.4 is 0 Å². The predicted molar refractivity (Wildman–Crippen MR) is 57.2 cm³/mol. The first kappa shape index (κ1) is 9.68. The normalized spacial score (nSPS) is 51.8. The van der Waals surface area contributed by atoms with E-state index in [0.29, 0.717) is 18.3 Å². The molecule has 4 fully saturated rings. The lowest BCUT2D eigenvalue weighted by molar-refractivity contribution is -0.199. The van der Waals surface area contributed by atoms with Gasteiger partial charge in [-0.2, -0.15) is 0 Å². The maximum atomic E-state index is 10.7. The number of ether oxygens (including phenoxy) is 1. The largest absolute Gasteiger partial charge is 0.461 e. The molecule has 2 nitrogen and oxygen atoms in total. The van der Waals surface area contributed by atoms with Crippen LogP contribution in [0.2, 0.25) is 0 Å². The van der Waals surface area contributed by atoms with E-state index in [1.165, 1.54) is 32.1 Å². The smallest absolute Gasteiger partial charge is 0.293 e. The lowest BCUT2D eigenvalue weighted by Gasteiger charge is -2.59. The number of hydrogen-bond donors (Lipinski definition) is 0. The van der Waals surface area contributed by atoms with Gasteiger partial charge in [0.1, 0.15) is 5.60 Å². The minimum atomic E-state index is -0.0742. The Hall–Kier alpha value is -0.530. The minimum Gasteiger partial charge on any atom is -0.461 e. The van der Waals surface area contributed by atoms with E-state index in [0.717, 1.165) is 18.3 Å². The molecule has 0 aliphatic heterocycles. The van der Waals surface area contributed by atoms with Crippen molar-refractivity contribution >= 4 is 6.47 Å². The van der Waals surface area contributed by atoms with Crippen LogP contribution in [0, 0.1) is 23.7 Å². The highest BCUT2D eigenvalue weighted by molar-refractivity contribution is 5.39. The third-order valence-electron chi connectivity index (χ3n) is 5.34. The van der Waals surface area contributed by atoms with Crippen molar-refractivity contribution in [2.45, 2.75) is 51.0 Å². The maximum Gasteiger partial charge on any atom is 0.293 e. The van der Waals surface area contributed by atoms with Crippen molar-refractivity contribution in [2.75, 3.05) is 0 Å². The molecule has 0 aromatic rings. The molecule has 0 N–H and O–H groups in total. The number of rotatable bonds is 3. The predicted octanol–water partition coefficient (Wildman–Crippen LogP) is 2.76. The third kappa shape index (κ3) is 1.20. The summed E-state index contributed by atoms with van der Waals surface area (Å²) in [6.45, 7) is 2.89. The van der Waals surface area contributed by atoms with Crippen molar-refractivity contribution in [1.82, 2.24) is 0 Å². The zero-order chi connectivity index (χ0) is 10.5. The second kappa shape index (κ2) is 3.23. The summed E-state index contributed by atoms with van der Waals surface area (Å²) in [6.07, 6.45) is 7.72. The monoisotopic (exact) mass is 208 g/mol. The van der Waals surface area contributed by atoms with Crippen molar-refractivity contribution in [3.8, 4) is 0 Å². The van der Waals surface area contributed by atoms with E-state index in [1.807, 2.05) is 0 Å². The molecule has 0 unspecified atom stereocenters. The molecule has 4 aliphatic rings. The maximum absolute atomic E-state index is 10.7. The Balaban J connectivity index is 1.92. The van der Waals surface area contributed by atoms with Crippen LogP contribution in [-0.2, 0) is 9.53 Å². The van der Waals surface area contributed by atoms with Gasteiger partial charge in [-0.05, 0) is 62.2 Å². The SMILES string of the molecule is CCC1(OC=O)C2CC3CC(C2)CC1C3. The van der Waals surface area contributed by atoms with E-state index in [-0.39, 0.29) is 5.60 Å². The van der Waals surface area contributed by atoms with Crippen LogP contribution in [0.25, 0.3) is 0 Å². The van der Waals surface area contributed by atoms with Gasteiger partial charge in [0.2, 0.25) is 0 Å². The molecule has 15 heavy (non-hydrogen) atoms. The highest BCUT2D eigenvalue weighted by atomic mass is 16.5. The average molecular weight is 208 g/mol. The Morgan fingerprint density at radius 2 is 1.67 bits per heavy atom. The highest BCUT2D eigenvalue weighted by Crippen LogP contribution is 2.60. The Morgan fingerprint density at radius 3 is 2.07 bits per heavy atom. The number of hydrogen-bond acceptors (Lipinski definition) is 2. The fraction of sp³-hybridized carbons (Fsp3) is 0.923. The van der Waals surface area contributed by atoms with Crippen molar-refractivity contribution < 1.29 is 9.53 Å². The fourth-order valence-electron chi connectivity index (χ4n) is 4.92. The molecule has 0 heterocycles. The first-order valence-electron chi connectivity index (χ1n) is 6.40. The van der Waals surface area contributed by atoms with Gasteiger partial charge in [0.25, 0.3) is 6.47 Å². The zero-order valence-corrected chi connectivity index (χ0v) is 9.45. The minimum absolute atomic E-state index is 0.0742. The molecule has 4 saturated carbocycles. The molecule has 0 radical (unpaired) electrons. The lowest BCUT2D eigenvalue weighted by Crippen LogP contribution is -2.58. The van der Waals surface area contributed by atoms with Crippen LogP contribution in [0.1, 0.15) is 45.4 Å². The Kier molecular flexibility index (Phi) is 2.08. The molecule has 2 heteroatoms. The van der Waals surface area contributed by atoms with Crippen LogP contribution in [-0.4, -0.2) is 12.1 Å². The Bertz CT molecular complexity index is 244. The molecular weight excluding hydrogens is 188 g/mol. The van der Waals surface area contributed by atoms with E-state index in [2.05, 4.69) is 6.92 Å². The van der Waals surface area contributed by atoms with Gasteiger partial charge < -0.3 is 4.74 Å². The molecule has 0 aromatic carbocycles. The van der Waals surface area contributed by atoms with Crippen LogP contribution in [0.5, 0.6) is 0 Å². The van der Waals surface area contributed by atoms with Crippen molar-refractivity contribution in [2.24, 2.45) is 23.7 Å². The summed E-state index contributed by atoms with van der Waals surface area (Å²) in [6, 6.07) is 0. The lowest BCUT2D eigenvalue weighted by atomic mass is 9.49. The summed E-state index contributed by atoms with van der Waals surface area (Å²) < 4.78 is 5.57. The van der Waals surface area contributed by atoms with Gasteiger partial charge in [-0.3, -0.25) is 4.79 Å². The molecule has 0 spiro atoms. The number of carbonyl (C=O) groups excluding carboxylic acids is 1. The fourth-order valence-corrected chi connectivity index (χ4v) is 4.92. The van der Waals surface area contributed by atoms with Gasteiger partial charge in [-0.15, -0.1) is 0 Å². The summed E-state index contributed by atoms with van der Waals surface area (Å²) >= 11 is 0. The van der Waals surface area contributed by atoms with Gasteiger partial charge in [0, 0.05) is 0 Å². The van der Waals surface area contributed by atoms with Crippen LogP contribution in [0.15, 0.2) is 0 Å². The van der Waals surface area contributed by atoms with Crippen molar-refractivity contribution in [3.05, 3.63) is 0 Å². The molecule has 4 rings (SSSR count). The summed E-state index contributed by atoms with van der Waals surface area (Å²) in [4.78, 5) is 10.7. The number of carbonyl (C=O) groups is 1. The first-order chi connectivity index (χ1) is 7.28. The molecule has 0 amide bonds. The second-order valence-electron chi connectivity index (χ2n) is 5.83. The Labute approximate surface area is 91.4 Å². The van der Waals surface area contributed by atoms with Crippen LogP contribution in [0.4, 0.5) is 0 Å². The van der Waals surface area contributed by atoms with Gasteiger partial charge in [-0.1, -0.05) is 6.92 Å². The quantitative estimate of drug-likeness (QED) is 0.667. The van der Waals surface area contributed by atoms with Gasteiger partial charge in [0.05, 0.1) is 0 Å². The van der Waals surface area contributed by atoms with Gasteiger partial charge >= 0.3 is 0 Å². The van der Waals surface area contributed by atoms with E-state index >= 15 is 0 Å². The zero-order valence-electron chi connectivity index (χ0n) is 9.45. The molecule has 4 bridgehead atoms. The van der Waals surface area contributed by atoms with Crippen LogP contribution in [0.3, 0.4) is 0 Å². The third-order valence-corrected chi connectivity index (χ3v) is 5.34. The summed E-state index contributed by atoms with van der Waals surface area (Å²) in [5, 5.41) is 0. The highest BCUT2D eigenvalue weighted by Gasteiger charge is 2.57. The van der Waals surface area contributed by atoms with Gasteiger partial charge in [-0.25, -0.2) is 0 Å². The molecule has 4 aliphatic carbocycles. The molecule has 84 valence electrons. The Morgan fingerprint density at radius 1 is 1.13 bits per heavy atom. The summed E-state index contributed by atoms with van der Waals surface area (Å²) in [5.41, 5.74) is -0.0742. The molecular formula is C13H20O2. The second-order valence-corrected chi connectivity index (χ2v) is 5.83. The van der Waals surface area contributed by atoms with E-state index in [9.17, 15) is 4.79 Å². The van der Waals surface area contributed by atoms with E-state index in [1.54, 1.807) is 0 Å². The molecule has 0 atom stereocenters. The topological polar surface area (TPSA) is 26.3 Å². The van der Waals surface area contributed by atoms with Crippen molar-refractivity contribution in [1.29, 1.82) is 0 Å². The van der Waals surface area contributed by atoms with E-state index in [4.69, 9.17) is 4.74 Å². The van der Waals surface area contributed by atoms with E-state index < -0.39 is 0 Å². The summed E-state index contributed by atoms with van der Waals surface area (Å²) in [5.74, 6) is 3.23. The first-order valence-corrected chi connectivity index (χ1v) is 6.40. The molecule has 0 aromatic heterocycles.